The minimum Gasteiger partial charge on any atom is -0.352 e. The van der Waals surface area contributed by atoms with Gasteiger partial charge in [-0.25, -0.2) is 0 Å². The second-order valence-electron chi connectivity index (χ2n) is 5.09. The van der Waals surface area contributed by atoms with Crippen LogP contribution in [0.5, 0.6) is 0 Å². The summed E-state index contributed by atoms with van der Waals surface area (Å²) in [5, 5.41) is 7.84. The van der Waals surface area contributed by atoms with Crippen molar-refractivity contribution in [3.8, 4) is 0 Å². The van der Waals surface area contributed by atoms with Gasteiger partial charge in [0.15, 0.2) is 0 Å². The Labute approximate surface area is 144 Å². The van der Waals surface area contributed by atoms with Crippen LogP contribution in [0, 0.1) is 0 Å². The molecule has 0 saturated heterocycles. The molecule has 2 rings (SSSR count). The van der Waals surface area contributed by atoms with Crippen molar-refractivity contribution in [1.29, 1.82) is 0 Å². The largest absolute Gasteiger partial charge is 0.352 e. The quantitative estimate of drug-likeness (QED) is 0.718. The lowest BCUT2D eigenvalue weighted by atomic mass is 10.1. The predicted molar refractivity (Wildman–Crippen MR) is 95.6 cm³/mol. The number of hydrogen-bond donors (Lipinski definition) is 2. The number of unbranched alkanes of at least 4 members (excludes halogenated alkanes) is 2. The Balaban J connectivity index is 2.03. The summed E-state index contributed by atoms with van der Waals surface area (Å²) in [7, 11) is 0. The third-order valence-electron chi connectivity index (χ3n) is 3.29. The zero-order chi connectivity index (χ0) is 16.7. The van der Waals surface area contributed by atoms with E-state index in [2.05, 4.69) is 17.6 Å². The second-order valence-corrected chi connectivity index (χ2v) is 6.44. The third kappa shape index (κ3) is 5.08. The van der Waals surface area contributed by atoms with Gasteiger partial charge in [-0.3, -0.25) is 9.59 Å². The van der Waals surface area contributed by atoms with Crippen molar-refractivity contribution in [3.05, 3.63) is 51.2 Å². The normalized spacial score (nSPS) is 10.3. The summed E-state index contributed by atoms with van der Waals surface area (Å²) < 4.78 is 0. The number of thiophene rings is 1. The zero-order valence-electron chi connectivity index (χ0n) is 12.9. The van der Waals surface area contributed by atoms with Crippen LogP contribution in [0.3, 0.4) is 0 Å². The number of hydrogen-bond acceptors (Lipinski definition) is 3. The Morgan fingerprint density at radius 3 is 2.70 bits per heavy atom. The summed E-state index contributed by atoms with van der Waals surface area (Å²) in [5.74, 6) is -0.396. The molecule has 0 radical (unpaired) electrons. The standard InChI is InChI=1S/C17H19ClN2O2S/c1-2-3-4-9-19-16(21)12-7-8-13(18)14(11-12)20-17(22)15-6-5-10-23-15/h5-8,10-11H,2-4,9H2,1H3,(H,19,21)(H,20,22). The fourth-order valence-electron chi connectivity index (χ4n) is 2.03. The van der Waals surface area contributed by atoms with Crippen molar-refractivity contribution in [1.82, 2.24) is 5.32 Å². The molecule has 0 spiro atoms. The molecule has 1 heterocycles. The lowest BCUT2D eigenvalue weighted by Gasteiger charge is -2.09. The van der Waals surface area contributed by atoms with Gasteiger partial charge < -0.3 is 10.6 Å². The van der Waals surface area contributed by atoms with E-state index < -0.39 is 0 Å². The molecule has 122 valence electrons. The Hall–Kier alpha value is -1.85. The fourth-order valence-corrected chi connectivity index (χ4v) is 2.82. The molecule has 1 aromatic carbocycles. The van der Waals surface area contributed by atoms with Gasteiger partial charge in [0.2, 0.25) is 0 Å². The molecule has 6 heteroatoms. The number of amides is 2. The van der Waals surface area contributed by atoms with Gasteiger partial charge >= 0.3 is 0 Å². The van der Waals surface area contributed by atoms with Crippen molar-refractivity contribution in [2.45, 2.75) is 26.2 Å². The molecular formula is C17H19ClN2O2S. The van der Waals surface area contributed by atoms with Gasteiger partial charge in [0.1, 0.15) is 0 Å². The van der Waals surface area contributed by atoms with Crippen LogP contribution in [-0.2, 0) is 0 Å². The van der Waals surface area contributed by atoms with Crippen molar-refractivity contribution in [2.24, 2.45) is 0 Å². The van der Waals surface area contributed by atoms with E-state index in [1.807, 2.05) is 5.38 Å². The molecule has 0 unspecified atom stereocenters. The lowest BCUT2D eigenvalue weighted by Crippen LogP contribution is -2.24. The first-order chi connectivity index (χ1) is 11.1. The molecule has 1 aromatic heterocycles. The van der Waals surface area contributed by atoms with Crippen molar-refractivity contribution in [2.75, 3.05) is 11.9 Å². The number of carbonyl (C=O) groups excluding carboxylic acids is 2. The Kier molecular flexibility index (Phi) is 6.62. The van der Waals surface area contributed by atoms with E-state index in [4.69, 9.17) is 11.6 Å². The van der Waals surface area contributed by atoms with Gasteiger partial charge in [0.05, 0.1) is 15.6 Å². The van der Waals surface area contributed by atoms with E-state index in [0.29, 0.717) is 27.7 Å². The smallest absolute Gasteiger partial charge is 0.265 e. The van der Waals surface area contributed by atoms with Gasteiger partial charge in [-0.15, -0.1) is 11.3 Å². The van der Waals surface area contributed by atoms with E-state index in [-0.39, 0.29) is 11.8 Å². The van der Waals surface area contributed by atoms with Gasteiger partial charge in [-0.2, -0.15) is 0 Å². The number of rotatable bonds is 7. The molecule has 0 fully saturated rings. The summed E-state index contributed by atoms with van der Waals surface area (Å²) >= 11 is 7.46. The molecule has 0 aliphatic heterocycles. The number of halogens is 1. The molecule has 0 bridgehead atoms. The highest BCUT2D eigenvalue weighted by Gasteiger charge is 2.12. The van der Waals surface area contributed by atoms with Gasteiger partial charge in [0, 0.05) is 12.1 Å². The highest BCUT2D eigenvalue weighted by molar-refractivity contribution is 7.12. The number of benzene rings is 1. The van der Waals surface area contributed by atoms with E-state index in [1.165, 1.54) is 11.3 Å². The van der Waals surface area contributed by atoms with Gasteiger partial charge in [0.25, 0.3) is 11.8 Å². The molecule has 2 aromatic rings. The second kappa shape index (κ2) is 8.70. The predicted octanol–water partition coefficient (Wildman–Crippen LogP) is 4.57. The van der Waals surface area contributed by atoms with E-state index in [9.17, 15) is 9.59 Å². The molecule has 4 nitrogen and oxygen atoms in total. The summed E-state index contributed by atoms with van der Waals surface area (Å²) in [4.78, 5) is 24.8. The highest BCUT2D eigenvalue weighted by Crippen LogP contribution is 2.24. The number of nitrogens with one attached hydrogen (secondary N) is 2. The Morgan fingerprint density at radius 1 is 1.17 bits per heavy atom. The summed E-state index contributed by atoms with van der Waals surface area (Å²) in [6.45, 7) is 2.76. The lowest BCUT2D eigenvalue weighted by molar-refractivity contribution is 0.0951. The van der Waals surface area contributed by atoms with E-state index in [1.54, 1.807) is 30.3 Å². The van der Waals surface area contributed by atoms with Crippen molar-refractivity contribution >= 4 is 40.4 Å². The maximum Gasteiger partial charge on any atom is 0.265 e. The minimum absolute atomic E-state index is 0.163. The number of carbonyl (C=O) groups is 2. The first-order valence-corrected chi connectivity index (χ1v) is 8.80. The molecule has 2 N–H and O–H groups in total. The van der Waals surface area contributed by atoms with Crippen LogP contribution in [0.4, 0.5) is 5.69 Å². The summed E-state index contributed by atoms with van der Waals surface area (Å²) in [6.07, 6.45) is 3.15. The van der Waals surface area contributed by atoms with Crippen LogP contribution >= 0.6 is 22.9 Å². The minimum atomic E-state index is -0.234. The fraction of sp³-hybridized carbons (Fsp3) is 0.294. The third-order valence-corrected chi connectivity index (χ3v) is 4.49. The average molecular weight is 351 g/mol. The molecule has 0 aliphatic rings. The molecule has 23 heavy (non-hydrogen) atoms. The van der Waals surface area contributed by atoms with Crippen LogP contribution in [-0.4, -0.2) is 18.4 Å². The van der Waals surface area contributed by atoms with Gasteiger partial charge in [-0.05, 0) is 36.1 Å². The topological polar surface area (TPSA) is 58.2 Å². The monoisotopic (exact) mass is 350 g/mol. The first kappa shape index (κ1) is 17.5. The van der Waals surface area contributed by atoms with E-state index >= 15 is 0 Å². The first-order valence-electron chi connectivity index (χ1n) is 7.54. The summed E-state index contributed by atoms with van der Waals surface area (Å²) in [5.41, 5.74) is 0.915. The summed E-state index contributed by atoms with van der Waals surface area (Å²) in [6, 6.07) is 8.41. The molecule has 0 saturated carbocycles. The van der Waals surface area contributed by atoms with Crippen LogP contribution in [0.1, 0.15) is 46.2 Å². The van der Waals surface area contributed by atoms with Crippen LogP contribution < -0.4 is 10.6 Å². The average Bonchev–Trinajstić information content (AvgIpc) is 3.08. The molecular weight excluding hydrogens is 332 g/mol. The Bertz CT molecular complexity index is 671. The van der Waals surface area contributed by atoms with Crippen LogP contribution in [0.15, 0.2) is 35.7 Å². The maximum absolute atomic E-state index is 12.1. The molecule has 0 atom stereocenters. The molecule has 2 amide bonds. The van der Waals surface area contributed by atoms with Crippen molar-refractivity contribution < 1.29 is 9.59 Å². The van der Waals surface area contributed by atoms with Crippen LogP contribution in [0.25, 0.3) is 0 Å². The highest BCUT2D eigenvalue weighted by atomic mass is 35.5. The maximum atomic E-state index is 12.1. The van der Waals surface area contributed by atoms with E-state index in [0.717, 1.165) is 19.3 Å². The van der Waals surface area contributed by atoms with Gasteiger partial charge in [-0.1, -0.05) is 37.4 Å². The SMILES string of the molecule is CCCCCNC(=O)c1ccc(Cl)c(NC(=O)c2cccs2)c1. The molecule has 0 aliphatic carbocycles. The zero-order valence-corrected chi connectivity index (χ0v) is 14.5. The van der Waals surface area contributed by atoms with Crippen LogP contribution in [0.2, 0.25) is 5.02 Å². The van der Waals surface area contributed by atoms with Crippen molar-refractivity contribution in [3.63, 3.8) is 0 Å². The number of anilines is 1. The Morgan fingerprint density at radius 2 is 2.00 bits per heavy atom.